The maximum Gasteiger partial charge on any atom is 0.337 e. The van der Waals surface area contributed by atoms with E-state index in [-0.39, 0.29) is 21.9 Å². The van der Waals surface area contributed by atoms with E-state index in [1.165, 1.54) is 23.8 Å². The smallest absolute Gasteiger partial charge is 0.337 e. The molecule has 2 bridgehead atoms. The fourth-order valence-corrected chi connectivity index (χ4v) is 3.81. The number of fused-ring (bicyclic) bond motifs is 8. The molecule has 0 amide bonds. The lowest BCUT2D eigenvalue weighted by atomic mass is 9.84. The van der Waals surface area contributed by atoms with Crippen molar-refractivity contribution in [2.45, 2.75) is 15.9 Å². The van der Waals surface area contributed by atoms with Gasteiger partial charge in [-0.1, -0.05) is 56.1 Å². The van der Waals surface area contributed by atoms with Gasteiger partial charge in [0, 0.05) is 0 Å². The number of ether oxygens (including phenoxy) is 2. The van der Waals surface area contributed by atoms with Crippen LogP contribution in [0.15, 0.2) is 36.4 Å². The highest BCUT2D eigenvalue weighted by molar-refractivity contribution is 9.24. The number of rotatable bonds is 2. The van der Waals surface area contributed by atoms with Gasteiger partial charge in [0.2, 0.25) is 0 Å². The summed E-state index contributed by atoms with van der Waals surface area (Å²) in [5.41, 5.74) is 6.35. The molecule has 2 aromatic carbocycles. The van der Waals surface area contributed by atoms with E-state index in [1.54, 1.807) is 6.07 Å². The molecule has 2 atom stereocenters. The summed E-state index contributed by atoms with van der Waals surface area (Å²) in [6, 6.07) is 12.0. The molecule has 0 saturated heterocycles. The summed E-state index contributed by atoms with van der Waals surface area (Å²) in [6.45, 7) is 0. The molecule has 5 heteroatoms. The Kier molecular flexibility index (Phi) is 3.40. The summed E-state index contributed by atoms with van der Waals surface area (Å²) >= 11 is 7.07. The lowest BCUT2D eigenvalue weighted by molar-refractivity contribution is 0.0600. The Morgan fingerprint density at radius 2 is 1.68 bits per heavy atom. The SMILES string of the molecule is COC(=O)c1ccc2c(c1)C1OC2c2cc(C(Br)Br)ccc21. The van der Waals surface area contributed by atoms with Crippen molar-refractivity contribution in [3.63, 3.8) is 0 Å². The first kappa shape index (κ1) is 14.4. The number of hydrogen-bond acceptors (Lipinski definition) is 3. The molecule has 2 aliphatic heterocycles. The van der Waals surface area contributed by atoms with Crippen LogP contribution in [0.25, 0.3) is 0 Å². The third kappa shape index (κ3) is 1.99. The summed E-state index contributed by atoms with van der Waals surface area (Å²) < 4.78 is 11.1. The molecule has 0 aromatic heterocycles. The van der Waals surface area contributed by atoms with Crippen molar-refractivity contribution < 1.29 is 14.3 Å². The van der Waals surface area contributed by atoms with Crippen LogP contribution in [0, 0.1) is 0 Å². The molecule has 2 aliphatic rings. The molecule has 22 heavy (non-hydrogen) atoms. The second kappa shape index (κ2) is 5.18. The second-order valence-corrected chi connectivity index (χ2v) is 8.48. The Hall–Kier alpha value is -1.17. The van der Waals surface area contributed by atoms with Gasteiger partial charge in [0.15, 0.2) is 0 Å². The first-order chi connectivity index (χ1) is 10.6. The summed E-state index contributed by atoms with van der Waals surface area (Å²) in [7, 11) is 1.39. The largest absolute Gasteiger partial charge is 0.465 e. The van der Waals surface area contributed by atoms with Crippen molar-refractivity contribution in [2.24, 2.45) is 0 Å². The predicted octanol–water partition coefficient (Wildman–Crippen LogP) is 4.78. The van der Waals surface area contributed by atoms with E-state index >= 15 is 0 Å². The van der Waals surface area contributed by atoms with Crippen molar-refractivity contribution in [2.75, 3.05) is 7.11 Å². The molecule has 0 aliphatic carbocycles. The van der Waals surface area contributed by atoms with Crippen molar-refractivity contribution in [3.05, 3.63) is 69.8 Å². The average Bonchev–Trinajstić information content (AvgIpc) is 3.10. The highest BCUT2D eigenvalue weighted by atomic mass is 79.9. The minimum atomic E-state index is -0.317. The summed E-state index contributed by atoms with van der Waals surface area (Å²) in [5, 5.41) is 0. The number of alkyl halides is 2. The zero-order chi connectivity index (χ0) is 15.4. The molecule has 112 valence electrons. The van der Waals surface area contributed by atoms with E-state index in [1.807, 2.05) is 12.1 Å². The molecule has 2 aromatic rings. The van der Waals surface area contributed by atoms with Crippen molar-refractivity contribution in [1.29, 1.82) is 0 Å². The number of benzene rings is 2. The molecule has 2 unspecified atom stereocenters. The number of esters is 1. The Labute approximate surface area is 144 Å². The first-order valence-corrected chi connectivity index (χ1v) is 8.73. The van der Waals surface area contributed by atoms with Gasteiger partial charge in [-0.25, -0.2) is 4.79 Å². The predicted molar refractivity (Wildman–Crippen MR) is 89.6 cm³/mol. The van der Waals surface area contributed by atoms with Crippen LogP contribution < -0.4 is 0 Å². The monoisotopic (exact) mass is 422 g/mol. The topological polar surface area (TPSA) is 35.5 Å². The summed E-state index contributed by atoms with van der Waals surface area (Å²) in [4.78, 5) is 11.7. The number of carbonyl (C=O) groups is 1. The van der Waals surface area contributed by atoms with Crippen LogP contribution >= 0.6 is 31.9 Å². The lowest BCUT2D eigenvalue weighted by Crippen LogP contribution is -2.07. The minimum Gasteiger partial charge on any atom is -0.465 e. The number of methoxy groups -OCH3 is 1. The molecule has 3 nitrogen and oxygen atoms in total. The van der Waals surface area contributed by atoms with E-state index in [0.29, 0.717) is 5.56 Å². The second-order valence-electron chi connectivity index (χ2n) is 5.42. The quantitative estimate of drug-likeness (QED) is 0.514. The molecule has 0 spiro atoms. The van der Waals surface area contributed by atoms with Crippen molar-refractivity contribution in [1.82, 2.24) is 0 Å². The van der Waals surface area contributed by atoms with Gasteiger partial charge in [-0.05, 0) is 39.9 Å². The zero-order valence-electron chi connectivity index (χ0n) is 11.7. The van der Waals surface area contributed by atoms with E-state index in [0.717, 1.165) is 11.1 Å². The van der Waals surface area contributed by atoms with Crippen LogP contribution in [0.1, 0.15) is 54.1 Å². The summed E-state index contributed by atoms with van der Waals surface area (Å²) in [5.74, 6) is -0.317. The molecule has 0 fully saturated rings. The van der Waals surface area contributed by atoms with E-state index in [2.05, 4.69) is 50.1 Å². The van der Waals surface area contributed by atoms with Gasteiger partial charge in [0.1, 0.15) is 12.2 Å². The van der Waals surface area contributed by atoms with Crippen LogP contribution in [0.4, 0.5) is 0 Å². The van der Waals surface area contributed by atoms with Crippen LogP contribution in [-0.2, 0) is 9.47 Å². The number of halogens is 2. The summed E-state index contributed by atoms with van der Waals surface area (Å²) in [6.07, 6.45) is -0.127. The van der Waals surface area contributed by atoms with Gasteiger partial charge < -0.3 is 9.47 Å². The normalized spacial score (nSPS) is 20.9. The molecular weight excluding hydrogens is 412 g/mol. The molecular formula is C17H12Br2O3. The van der Waals surface area contributed by atoms with Crippen LogP contribution in [-0.4, -0.2) is 13.1 Å². The Morgan fingerprint density at radius 3 is 2.32 bits per heavy atom. The Balaban J connectivity index is 1.80. The Morgan fingerprint density at radius 1 is 1.05 bits per heavy atom. The highest BCUT2D eigenvalue weighted by Gasteiger charge is 2.43. The van der Waals surface area contributed by atoms with Gasteiger partial charge in [0.25, 0.3) is 0 Å². The third-order valence-corrected chi connectivity index (χ3v) is 5.33. The average molecular weight is 424 g/mol. The maximum atomic E-state index is 11.7. The van der Waals surface area contributed by atoms with Gasteiger partial charge in [-0.2, -0.15) is 0 Å². The third-order valence-electron chi connectivity index (χ3n) is 4.27. The molecule has 2 heterocycles. The van der Waals surface area contributed by atoms with Gasteiger partial charge in [0.05, 0.1) is 16.4 Å². The van der Waals surface area contributed by atoms with Gasteiger partial charge >= 0.3 is 5.97 Å². The van der Waals surface area contributed by atoms with Crippen LogP contribution in [0.5, 0.6) is 0 Å². The Bertz CT molecular complexity index is 785. The van der Waals surface area contributed by atoms with Crippen LogP contribution in [0.2, 0.25) is 0 Å². The molecule has 0 radical (unpaired) electrons. The molecule has 4 rings (SSSR count). The minimum absolute atomic E-state index is 0.0413. The highest BCUT2D eigenvalue weighted by Crippen LogP contribution is 2.54. The molecule has 0 saturated carbocycles. The van der Waals surface area contributed by atoms with E-state index in [4.69, 9.17) is 9.47 Å². The number of hydrogen-bond donors (Lipinski definition) is 0. The van der Waals surface area contributed by atoms with E-state index in [9.17, 15) is 4.79 Å². The van der Waals surface area contributed by atoms with Crippen molar-refractivity contribution in [3.8, 4) is 0 Å². The zero-order valence-corrected chi connectivity index (χ0v) is 14.8. The fraction of sp³-hybridized carbons (Fsp3) is 0.235. The maximum absolute atomic E-state index is 11.7. The molecule has 0 N–H and O–H groups in total. The van der Waals surface area contributed by atoms with Crippen LogP contribution in [0.3, 0.4) is 0 Å². The van der Waals surface area contributed by atoms with E-state index < -0.39 is 0 Å². The number of carbonyl (C=O) groups excluding carboxylic acids is 1. The van der Waals surface area contributed by atoms with Gasteiger partial charge in [-0.15, -0.1) is 0 Å². The first-order valence-electron chi connectivity index (χ1n) is 6.89. The van der Waals surface area contributed by atoms with Crippen molar-refractivity contribution >= 4 is 37.8 Å². The fourth-order valence-electron chi connectivity index (χ4n) is 3.24. The standard InChI is InChI=1S/C17H12Br2O3/c1-21-17(20)9-3-5-11-13(7-9)15-10-4-2-8(16(18)19)6-12(10)14(11)22-15/h2-7,14-16H,1H3. The lowest BCUT2D eigenvalue weighted by Gasteiger charge is -2.17. The van der Waals surface area contributed by atoms with Gasteiger partial charge in [-0.3, -0.25) is 0 Å².